The van der Waals surface area contributed by atoms with E-state index >= 15 is 0 Å². The third kappa shape index (κ3) is 2.73. The van der Waals surface area contributed by atoms with E-state index in [0.717, 1.165) is 0 Å². The minimum Gasteiger partial charge on any atom is -0.382 e. The minimum atomic E-state index is -4.76. The van der Waals surface area contributed by atoms with Crippen LogP contribution in [0.2, 0.25) is 5.02 Å². The van der Waals surface area contributed by atoms with Gasteiger partial charge in [0.2, 0.25) is 5.95 Å². The summed E-state index contributed by atoms with van der Waals surface area (Å²) >= 11 is 5.49. The third-order valence-electron chi connectivity index (χ3n) is 2.68. The van der Waals surface area contributed by atoms with Crippen molar-refractivity contribution in [2.75, 3.05) is 11.5 Å². The molecular weight excluding hydrogens is 326 g/mol. The average molecular weight is 332 g/mol. The first kappa shape index (κ1) is 15.8. The average Bonchev–Trinajstić information content (AvgIpc) is 2.39. The van der Waals surface area contributed by atoms with Gasteiger partial charge in [0.05, 0.1) is 16.3 Å². The van der Waals surface area contributed by atoms with Crippen LogP contribution in [0.5, 0.6) is 0 Å². The van der Waals surface area contributed by atoms with Gasteiger partial charge in [0.15, 0.2) is 5.82 Å². The first-order valence-corrected chi connectivity index (χ1v) is 5.92. The summed E-state index contributed by atoms with van der Waals surface area (Å²) < 4.78 is 52.5. The molecule has 0 saturated carbocycles. The number of aromatic nitrogens is 2. The Morgan fingerprint density at radius 3 is 2.36 bits per heavy atom. The molecule has 2 rings (SSSR count). The molecule has 0 aliphatic heterocycles. The second-order valence-corrected chi connectivity index (χ2v) is 4.53. The van der Waals surface area contributed by atoms with Crippen LogP contribution in [0.25, 0.3) is 11.3 Å². The molecule has 4 N–H and O–H groups in total. The predicted octanol–water partition coefficient (Wildman–Crippen LogP) is 2.99. The van der Waals surface area contributed by atoms with Crippen LogP contribution < -0.4 is 11.5 Å². The topological polar surface area (TPSA) is 102 Å². The Labute approximate surface area is 126 Å². The van der Waals surface area contributed by atoms with E-state index in [1.165, 1.54) is 0 Å². The Kier molecular flexibility index (Phi) is 3.81. The highest BCUT2D eigenvalue weighted by atomic mass is 35.5. The summed E-state index contributed by atoms with van der Waals surface area (Å²) in [6, 6.07) is 2.50. The van der Waals surface area contributed by atoms with E-state index in [9.17, 15) is 17.6 Å². The maximum Gasteiger partial charge on any atom is 0.416 e. The van der Waals surface area contributed by atoms with Crippen molar-refractivity contribution in [3.05, 3.63) is 34.1 Å². The normalized spacial score (nSPS) is 11.3. The van der Waals surface area contributed by atoms with Gasteiger partial charge in [0, 0.05) is 5.56 Å². The van der Waals surface area contributed by atoms with Crippen molar-refractivity contribution in [3.63, 3.8) is 0 Å². The highest BCUT2D eigenvalue weighted by Gasteiger charge is 2.33. The molecule has 0 fully saturated rings. The molecule has 0 spiro atoms. The predicted molar refractivity (Wildman–Crippen MR) is 71.0 cm³/mol. The summed E-state index contributed by atoms with van der Waals surface area (Å²) in [4.78, 5) is 7.10. The Hall–Kier alpha value is -2.60. The smallest absolute Gasteiger partial charge is 0.382 e. The molecule has 10 heteroatoms. The van der Waals surface area contributed by atoms with E-state index in [4.69, 9.17) is 28.3 Å². The van der Waals surface area contributed by atoms with E-state index in [-0.39, 0.29) is 5.82 Å². The van der Waals surface area contributed by atoms with Gasteiger partial charge >= 0.3 is 6.18 Å². The molecule has 22 heavy (non-hydrogen) atoms. The molecule has 0 bridgehead atoms. The summed E-state index contributed by atoms with van der Waals surface area (Å²) in [7, 11) is 0. The zero-order chi connectivity index (χ0) is 16.7. The maximum absolute atomic E-state index is 14.1. The number of nitriles is 1. The summed E-state index contributed by atoms with van der Waals surface area (Å²) in [5, 5.41) is 8.24. The molecule has 5 nitrogen and oxygen atoms in total. The minimum absolute atomic E-state index is 0.377. The molecule has 0 saturated heterocycles. The van der Waals surface area contributed by atoms with Crippen LogP contribution in [0.1, 0.15) is 11.1 Å². The van der Waals surface area contributed by atoms with Crippen LogP contribution in [0.4, 0.5) is 29.3 Å². The van der Waals surface area contributed by atoms with E-state index in [1.54, 1.807) is 6.07 Å². The molecule has 0 atom stereocenters. The molecule has 1 heterocycles. The number of anilines is 2. The second kappa shape index (κ2) is 5.31. The van der Waals surface area contributed by atoms with Crippen molar-refractivity contribution in [3.8, 4) is 17.3 Å². The standard InChI is InChI=1S/C12H6ClF4N5/c13-7-2-4(12(15,16)17)1-5(8(7)14)9-6(3-18)10(19)22-11(20)21-9/h1-2H,(H4,19,20,21,22). The number of alkyl halides is 3. The maximum atomic E-state index is 14.1. The van der Waals surface area contributed by atoms with Crippen molar-refractivity contribution >= 4 is 23.4 Å². The van der Waals surface area contributed by atoms with E-state index in [1.807, 2.05) is 0 Å². The summed E-state index contributed by atoms with van der Waals surface area (Å²) in [6.07, 6.45) is -4.76. The van der Waals surface area contributed by atoms with Gasteiger partial charge < -0.3 is 11.5 Å². The van der Waals surface area contributed by atoms with Crippen LogP contribution >= 0.6 is 11.6 Å². The highest BCUT2D eigenvalue weighted by Crippen LogP contribution is 2.37. The number of benzene rings is 1. The molecule has 0 radical (unpaired) electrons. The first-order chi connectivity index (χ1) is 10.1. The number of nitrogens with zero attached hydrogens (tertiary/aromatic N) is 3. The molecule has 1 aromatic carbocycles. The number of hydrogen-bond donors (Lipinski definition) is 2. The van der Waals surface area contributed by atoms with Crippen LogP contribution in [0.15, 0.2) is 12.1 Å². The van der Waals surface area contributed by atoms with Crippen LogP contribution in [-0.4, -0.2) is 9.97 Å². The Bertz CT molecular complexity index is 798. The third-order valence-corrected chi connectivity index (χ3v) is 2.95. The van der Waals surface area contributed by atoms with Gasteiger partial charge in [-0.3, -0.25) is 0 Å². The molecule has 0 amide bonds. The fourth-order valence-electron chi connectivity index (χ4n) is 1.73. The lowest BCUT2D eigenvalue weighted by atomic mass is 10.0. The van der Waals surface area contributed by atoms with E-state index in [2.05, 4.69) is 9.97 Å². The monoisotopic (exact) mass is 331 g/mol. The lowest BCUT2D eigenvalue weighted by molar-refractivity contribution is -0.137. The molecular formula is C12H6ClF4N5. The highest BCUT2D eigenvalue weighted by molar-refractivity contribution is 6.31. The summed E-state index contributed by atoms with van der Waals surface area (Å²) in [5.41, 5.74) is 8.09. The Morgan fingerprint density at radius 1 is 1.18 bits per heavy atom. The molecule has 2 aromatic rings. The van der Waals surface area contributed by atoms with Crippen molar-refractivity contribution in [1.29, 1.82) is 5.26 Å². The van der Waals surface area contributed by atoms with Crippen molar-refractivity contribution in [1.82, 2.24) is 9.97 Å². The van der Waals surface area contributed by atoms with Gasteiger partial charge in [-0.2, -0.15) is 23.4 Å². The van der Waals surface area contributed by atoms with Gasteiger partial charge in [-0.1, -0.05) is 11.6 Å². The second-order valence-electron chi connectivity index (χ2n) is 4.12. The van der Waals surface area contributed by atoms with Gasteiger partial charge in [-0.15, -0.1) is 0 Å². The summed E-state index contributed by atoms with van der Waals surface area (Å²) in [5.74, 6) is -1.97. The van der Waals surface area contributed by atoms with Crippen molar-refractivity contribution in [2.24, 2.45) is 0 Å². The van der Waals surface area contributed by atoms with Crippen molar-refractivity contribution in [2.45, 2.75) is 6.18 Å². The lowest BCUT2D eigenvalue weighted by Crippen LogP contribution is -2.09. The number of nitrogen functional groups attached to an aromatic ring is 2. The molecule has 0 aliphatic rings. The first-order valence-electron chi connectivity index (χ1n) is 5.54. The molecule has 0 unspecified atom stereocenters. The number of nitrogens with two attached hydrogens (primary N) is 2. The Morgan fingerprint density at radius 2 is 1.82 bits per heavy atom. The van der Waals surface area contributed by atoms with Gasteiger partial charge in [-0.25, -0.2) is 9.37 Å². The lowest BCUT2D eigenvalue weighted by Gasteiger charge is -2.12. The van der Waals surface area contributed by atoms with Crippen LogP contribution in [-0.2, 0) is 6.18 Å². The zero-order valence-corrected chi connectivity index (χ0v) is 11.3. The molecule has 1 aromatic heterocycles. The largest absolute Gasteiger partial charge is 0.416 e. The zero-order valence-electron chi connectivity index (χ0n) is 10.5. The number of rotatable bonds is 1. The molecule has 114 valence electrons. The van der Waals surface area contributed by atoms with Crippen LogP contribution in [0.3, 0.4) is 0 Å². The van der Waals surface area contributed by atoms with Gasteiger partial charge in [0.25, 0.3) is 0 Å². The van der Waals surface area contributed by atoms with Crippen LogP contribution in [0, 0.1) is 17.1 Å². The molecule has 0 aliphatic carbocycles. The SMILES string of the molecule is N#Cc1c(N)nc(N)nc1-c1cc(C(F)(F)F)cc(Cl)c1F. The van der Waals surface area contributed by atoms with Gasteiger partial charge in [0.1, 0.15) is 17.5 Å². The number of hydrogen-bond acceptors (Lipinski definition) is 5. The Balaban J connectivity index is 2.84. The van der Waals surface area contributed by atoms with Gasteiger partial charge in [-0.05, 0) is 12.1 Å². The van der Waals surface area contributed by atoms with E-state index in [0.29, 0.717) is 12.1 Å². The fraction of sp³-hybridized carbons (Fsp3) is 0.0833. The number of halogens is 5. The van der Waals surface area contributed by atoms with Crippen molar-refractivity contribution < 1.29 is 17.6 Å². The quantitative estimate of drug-likeness (QED) is 0.782. The fourth-order valence-corrected chi connectivity index (χ4v) is 1.95. The van der Waals surface area contributed by atoms with E-state index < -0.39 is 45.3 Å². The summed E-state index contributed by atoms with van der Waals surface area (Å²) in [6.45, 7) is 0.